The largest absolute Gasteiger partial charge is 0.384 e. The van der Waals surface area contributed by atoms with E-state index in [2.05, 4.69) is 0 Å². The lowest BCUT2D eigenvalue weighted by Crippen LogP contribution is -2.53. The Kier molecular flexibility index (Phi) is 2.70. The van der Waals surface area contributed by atoms with E-state index in [1.807, 2.05) is 19.1 Å². The molecule has 0 radical (unpaired) electrons. The molecule has 2 aliphatic rings. The van der Waals surface area contributed by atoms with Crippen LogP contribution in [0.25, 0.3) is 0 Å². The smallest absolute Gasteiger partial charge is 0.197 e. The normalized spacial score (nSPS) is 43.1. The molecule has 4 nitrogen and oxygen atoms in total. The topological polar surface area (TPSA) is 47.9 Å². The fourth-order valence-corrected chi connectivity index (χ4v) is 2.60. The molecule has 0 saturated carbocycles. The van der Waals surface area contributed by atoms with Gasteiger partial charge in [0, 0.05) is 5.02 Å². The van der Waals surface area contributed by atoms with Crippen molar-refractivity contribution in [2.24, 2.45) is 0 Å². The molecule has 0 amide bonds. The molecule has 0 unspecified atom stereocenters. The third-order valence-electron chi connectivity index (χ3n) is 3.44. The maximum absolute atomic E-state index is 10.3. The van der Waals surface area contributed by atoms with E-state index in [0.717, 1.165) is 5.56 Å². The molecule has 18 heavy (non-hydrogen) atoms. The van der Waals surface area contributed by atoms with Gasteiger partial charge < -0.3 is 19.3 Å². The van der Waals surface area contributed by atoms with Gasteiger partial charge in [0.1, 0.15) is 18.8 Å². The Morgan fingerprint density at radius 2 is 1.94 bits per heavy atom. The fourth-order valence-electron chi connectivity index (χ4n) is 2.48. The van der Waals surface area contributed by atoms with Crippen LogP contribution in [0, 0.1) is 0 Å². The van der Waals surface area contributed by atoms with Crippen LogP contribution in [-0.2, 0) is 14.2 Å². The summed E-state index contributed by atoms with van der Waals surface area (Å²) in [7, 11) is 0. The van der Waals surface area contributed by atoms with Crippen molar-refractivity contribution < 1.29 is 19.3 Å². The lowest BCUT2D eigenvalue weighted by molar-refractivity contribution is -0.359. The second kappa shape index (κ2) is 3.92. The third-order valence-corrected chi connectivity index (χ3v) is 3.69. The van der Waals surface area contributed by atoms with Gasteiger partial charge in [-0.15, -0.1) is 0 Å². The Hall–Kier alpha value is -0.650. The van der Waals surface area contributed by atoms with Crippen molar-refractivity contribution in [3.05, 3.63) is 34.9 Å². The van der Waals surface area contributed by atoms with Gasteiger partial charge in [-0.2, -0.15) is 0 Å². The number of hydrogen-bond donors (Lipinski definition) is 1. The van der Waals surface area contributed by atoms with Crippen LogP contribution in [0.5, 0.6) is 0 Å². The second-order valence-electron chi connectivity index (χ2n) is 5.08. The van der Waals surface area contributed by atoms with Crippen LogP contribution in [0.1, 0.15) is 25.5 Å². The highest BCUT2D eigenvalue weighted by atomic mass is 35.5. The number of ether oxygens (including phenoxy) is 3. The van der Waals surface area contributed by atoms with Crippen molar-refractivity contribution in [3.8, 4) is 0 Å². The number of rotatable bonds is 1. The summed E-state index contributed by atoms with van der Waals surface area (Å²) in [6, 6.07) is 7.23. The highest BCUT2D eigenvalue weighted by Gasteiger charge is 2.58. The Morgan fingerprint density at radius 1 is 1.28 bits per heavy atom. The molecule has 3 rings (SSSR count). The maximum atomic E-state index is 10.3. The number of hydrogen-bond acceptors (Lipinski definition) is 4. The molecule has 0 aromatic heterocycles. The molecule has 1 N–H and O–H groups in total. The average Bonchev–Trinajstić information content (AvgIpc) is 2.60. The molecule has 2 bridgehead atoms. The Morgan fingerprint density at radius 3 is 2.61 bits per heavy atom. The molecule has 1 aromatic rings. The van der Waals surface area contributed by atoms with Crippen LogP contribution >= 0.6 is 11.6 Å². The Balaban J connectivity index is 1.95. The highest BCUT2D eigenvalue weighted by Crippen LogP contribution is 2.47. The molecule has 0 aliphatic carbocycles. The van der Waals surface area contributed by atoms with E-state index in [4.69, 9.17) is 25.8 Å². The van der Waals surface area contributed by atoms with Crippen LogP contribution in [0.4, 0.5) is 0 Å². The molecular formula is C13H15ClO4. The van der Waals surface area contributed by atoms with Gasteiger partial charge in [0.25, 0.3) is 0 Å². The molecule has 2 heterocycles. The maximum Gasteiger partial charge on any atom is 0.197 e. The zero-order chi connectivity index (χ0) is 13.0. The zero-order valence-corrected chi connectivity index (χ0v) is 11.0. The third kappa shape index (κ3) is 1.85. The first-order chi connectivity index (χ1) is 8.42. The van der Waals surface area contributed by atoms with Gasteiger partial charge in [-0.3, -0.25) is 0 Å². The highest BCUT2D eigenvalue weighted by molar-refractivity contribution is 6.30. The Bertz CT molecular complexity index is 463. The summed E-state index contributed by atoms with van der Waals surface area (Å²) in [5, 5.41) is 11.0. The summed E-state index contributed by atoms with van der Waals surface area (Å²) in [6.07, 6.45) is -1.36. The SMILES string of the molecule is C[C@@]12CO[C@@](C)(O1)[C@H](O)[C@@H](c1ccc(Cl)cc1)O2. The number of benzene rings is 1. The molecule has 4 atom stereocenters. The van der Waals surface area contributed by atoms with Crippen molar-refractivity contribution in [2.75, 3.05) is 6.61 Å². The first-order valence-corrected chi connectivity index (χ1v) is 6.25. The average molecular weight is 271 g/mol. The predicted octanol–water partition coefficient (Wildman–Crippen LogP) is 2.25. The number of halogens is 1. The van der Waals surface area contributed by atoms with Crippen LogP contribution in [-0.4, -0.2) is 29.4 Å². The number of aliphatic hydroxyl groups is 1. The van der Waals surface area contributed by atoms with E-state index >= 15 is 0 Å². The molecule has 1 aromatic carbocycles. The number of aliphatic hydroxyl groups excluding tert-OH is 1. The summed E-state index contributed by atoms with van der Waals surface area (Å²) >= 11 is 5.86. The molecule has 5 heteroatoms. The first kappa shape index (κ1) is 12.4. The summed E-state index contributed by atoms with van der Waals surface area (Å²) in [6.45, 7) is 3.85. The zero-order valence-electron chi connectivity index (χ0n) is 10.2. The van der Waals surface area contributed by atoms with E-state index in [9.17, 15) is 5.11 Å². The summed E-state index contributed by atoms with van der Waals surface area (Å²) in [5.74, 6) is -1.82. The van der Waals surface area contributed by atoms with E-state index in [-0.39, 0.29) is 0 Å². The fraction of sp³-hybridized carbons (Fsp3) is 0.538. The quantitative estimate of drug-likeness (QED) is 0.850. The van der Waals surface area contributed by atoms with E-state index in [1.165, 1.54) is 0 Å². The van der Waals surface area contributed by atoms with Gasteiger partial charge in [-0.1, -0.05) is 23.7 Å². The Labute approximate surface area is 110 Å². The summed E-state index contributed by atoms with van der Waals surface area (Å²) in [4.78, 5) is 0. The molecule has 2 aliphatic heterocycles. The molecule has 2 fully saturated rings. The van der Waals surface area contributed by atoms with Crippen LogP contribution < -0.4 is 0 Å². The lowest BCUT2D eigenvalue weighted by Gasteiger charge is -2.42. The molecule has 98 valence electrons. The summed E-state index contributed by atoms with van der Waals surface area (Å²) in [5.41, 5.74) is 0.859. The van der Waals surface area contributed by atoms with E-state index in [0.29, 0.717) is 11.6 Å². The van der Waals surface area contributed by atoms with Crippen molar-refractivity contribution in [1.29, 1.82) is 0 Å². The summed E-state index contributed by atoms with van der Waals surface area (Å²) < 4.78 is 17.0. The minimum atomic E-state index is -1.02. The standard InChI is InChI=1S/C13H15ClO4/c1-12-7-16-13(2,18-12)11(15)10(17-12)8-3-5-9(14)6-4-8/h3-6,10-11,15H,7H2,1-2H3/t10-,11-,12+,13+/m1/s1. The lowest BCUT2D eigenvalue weighted by atomic mass is 9.97. The van der Waals surface area contributed by atoms with Crippen molar-refractivity contribution >= 4 is 11.6 Å². The molecule has 2 saturated heterocycles. The van der Waals surface area contributed by atoms with Crippen molar-refractivity contribution in [1.82, 2.24) is 0 Å². The van der Waals surface area contributed by atoms with Crippen LogP contribution in [0.15, 0.2) is 24.3 Å². The van der Waals surface area contributed by atoms with Crippen LogP contribution in [0.2, 0.25) is 5.02 Å². The molecular weight excluding hydrogens is 256 g/mol. The van der Waals surface area contributed by atoms with Gasteiger partial charge in [0.05, 0.1) is 0 Å². The monoisotopic (exact) mass is 270 g/mol. The predicted molar refractivity (Wildman–Crippen MR) is 65.1 cm³/mol. The van der Waals surface area contributed by atoms with E-state index in [1.54, 1.807) is 19.1 Å². The van der Waals surface area contributed by atoms with Crippen molar-refractivity contribution in [2.45, 2.75) is 37.6 Å². The first-order valence-electron chi connectivity index (χ1n) is 5.87. The van der Waals surface area contributed by atoms with Gasteiger partial charge in [-0.25, -0.2) is 0 Å². The minimum Gasteiger partial charge on any atom is -0.384 e. The molecule has 0 spiro atoms. The second-order valence-corrected chi connectivity index (χ2v) is 5.51. The van der Waals surface area contributed by atoms with Gasteiger partial charge in [-0.05, 0) is 31.5 Å². The van der Waals surface area contributed by atoms with Crippen LogP contribution in [0.3, 0.4) is 0 Å². The van der Waals surface area contributed by atoms with E-state index < -0.39 is 23.8 Å². The van der Waals surface area contributed by atoms with Gasteiger partial charge in [0.15, 0.2) is 11.6 Å². The van der Waals surface area contributed by atoms with Gasteiger partial charge in [0.2, 0.25) is 0 Å². The minimum absolute atomic E-state index is 0.310. The van der Waals surface area contributed by atoms with Gasteiger partial charge >= 0.3 is 0 Å². The number of fused-ring (bicyclic) bond motifs is 2. The van der Waals surface area contributed by atoms with Crippen molar-refractivity contribution in [3.63, 3.8) is 0 Å².